The molecule has 0 saturated heterocycles. The maximum absolute atomic E-state index is 8.97. The van der Waals surface area contributed by atoms with E-state index in [0.29, 0.717) is 0 Å². The summed E-state index contributed by atoms with van der Waals surface area (Å²) in [6.07, 6.45) is 8.94. The van der Waals surface area contributed by atoms with Gasteiger partial charge in [-0.2, -0.15) is 0 Å². The average Bonchev–Trinajstić information content (AvgIpc) is 2.84. The van der Waals surface area contributed by atoms with Crippen molar-refractivity contribution in [3.8, 4) is 0 Å². The van der Waals surface area contributed by atoms with Gasteiger partial charge in [0.2, 0.25) is 0 Å². The lowest BCUT2D eigenvalue weighted by Crippen LogP contribution is -2.01. The van der Waals surface area contributed by atoms with E-state index < -0.39 is 0 Å². The van der Waals surface area contributed by atoms with Crippen molar-refractivity contribution in [2.75, 3.05) is 0 Å². The van der Waals surface area contributed by atoms with Gasteiger partial charge in [-0.05, 0) is 18.8 Å². The largest absolute Gasteiger partial charge is 0.390 e. The molecule has 0 radical (unpaired) electrons. The second kappa shape index (κ2) is 3.92. The van der Waals surface area contributed by atoms with Gasteiger partial charge in [0.25, 0.3) is 0 Å². The van der Waals surface area contributed by atoms with E-state index in [1.54, 1.807) is 12.5 Å². The molecule has 2 rings (SSSR count). The third-order valence-electron chi connectivity index (χ3n) is 2.67. The molecule has 3 heteroatoms. The number of aryl methyl sites for hydroxylation is 1. The smallest absolute Gasteiger partial charge is 0.0948 e. The van der Waals surface area contributed by atoms with Gasteiger partial charge >= 0.3 is 0 Å². The van der Waals surface area contributed by atoms with E-state index in [-0.39, 0.29) is 6.61 Å². The molecular formula is C10H16N2O. The first-order valence-corrected chi connectivity index (χ1v) is 5.00. The zero-order valence-corrected chi connectivity index (χ0v) is 7.82. The zero-order valence-electron chi connectivity index (χ0n) is 7.82. The van der Waals surface area contributed by atoms with E-state index in [0.717, 1.165) is 18.2 Å². The Morgan fingerprint density at radius 1 is 1.54 bits per heavy atom. The highest BCUT2D eigenvalue weighted by atomic mass is 16.3. The molecule has 1 aromatic rings. The molecule has 1 saturated carbocycles. The fourth-order valence-electron chi connectivity index (χ4n) is 1.64. The summed E-state index contributed by atoms with van der Waals surface area (Å²) in [4.78, 5) is 4.01. The lowest BCUT2D eigenvalue weighted by Gasteiger charge is -2.04. The van der Waals surface area contributed by atoms with Crippen molar-refractivity contribution in [1.82, 2.24) is 9.55 Å². The molecule has 0 atom stereocenters. The molecule has 1 aliphatic rings. The Labute approximate surface area is 78.4 Å². The van der Waals surface area contributed by atoms with Crippen LogP contribution in [0.4, 0.5) is 0 Å². The molecule has 1 fully saturated rings. The maximum atomic E-state index is 8.97. The standard InChI is InChI=1S/C10H16N2O/c13-7-10-6-11-8-12(10)5-1-2-9-3-4-9/h6,8-9,13H,1-5,7H2. The van der Waals surface area contributed by atoms with Crippen molar-refractivity contribution in [3.63, 3.8) is 0 Å². The molecule has 72 valence electrons. The first-order chi connectivity index (χ1) is 6.40. The Bertz CT molecular complexity index is 266. The first kappa shape index (κ1) is 8.75. The fraction of sp³-hybridized carbons (Fsp3) is 0.700. The summed E-state index contributed by atoms with van der Waals surface area (Å²) in [5, 5.41) is 8.97. The molecule has 0 aromatic carbocycles. The molecule has 0 bridgehead atoms. The third kappa shape index (κ3) is 2.31. The van der Waals surface area contributed by atoms with Gasteiger partial charge in [-0.3, -0.25) is 0 Å². The predicted octanol–water partition coefficient (Wildman–Crippen LogP) is 1.57. The highest BCUT2D eigenvalue weighted by Gasteiger charge is 2.20. The second-order valence-corrected chi connectivity index (χ2v) is 3.82. The van der Waals surface area contributed by atoms with Crippen LogP contribution in [0.25, 0.3) is 0 Å². The Morgan fingerprint density at radius 3 is 3.08 bits per heavy atom. The number of aliphatic hydroxyl groups excluding tert-OH is 1. The molecule has 1 N–H and O–H groups in total. The Balaban J connectivity index is 1.78. The lowest BCUT2D eigenvalue weighted by molar-refractivity contribution is 0.270. The van der Waals surface area contributed by atoms with Crippen molar-refractivity contribution < 1.29 is 5.11 Å². The summed E-state index contributed by atoms with van der Waals surface area (Å²) >= 11 is 0. The molecule has 0 amide bonds. The van der Waals surface area contributed by atoms with Gasteiger partial charge < -0.3 is 9.67 Å². The summed E-state index contributed by atoms with van der Waals surface area (Å²) in [5.41, 5.74) is 0.927. The molecule has 1 heterocycles. The van der Waals surface area contributed by atoms with Crippen LogP contribution in [0.1, 0.15) is 31.4 Å². The van der Waals surface area contributed by atoms with Crippen LogP contribution in [-0.4, -0.2) is 14.7 Å². The number of hydrogen-bond donors (Lipinski definition) is 1. The maximum Gasteiger partial charge on any atom is 0.0948 e. The normalized spacial score (nSPS) is 16.4. The van der Waals surface area contributed by atoms with Gasteiger partial charge in [-0.15, -0.1) is 0 Å². The van der Waals surface area contributed by atoms with E-state index in [2.05, 4.69) is 4.98 Å². The van der Waals surface area contributed by atoms with Gasteiger partial charge in [0.15, 0.2) is 0 Å². The van der Waals surface area contributed by atoms with Crippen LogP contribution in [0, 0.1) is 5.92 Å². The minimum Gasteiger partial charge on any atom is -0.390 e. The SMILES string of the molecule is OCc1cncn1CCCC1CC1. The second-order valence-electron chi connectivity index (χ2n) is 3.82. The summed E-state index contributed by atoms with van der Waals surface area (Å²) in [6, 6.07) is 0. The van der Waals surface area contributed by atoms with Crippen LogP contribution in [0.2, 0.25) is 0 Å². The summed E-state index contributed by atoms with van der Waals surface area (Å²) < 4.78 is 2.04. The summed E-state index contributed by atoms with van der Waals surface area (Å²) in [5.74, 6) is 1.00. The van der Waals surface area contributed by atoms with Gasteiger partial charge in [0, 0.05) is 6.54 Å². The number of imidazole rings is 1. The topological polar surface area (TPSA) is 38.1 Å². The fourth-order valence-corrected chi connectivity index (χ4v) is 1.64. The van der Waals surface area contributed by atoms with Crippen LogP contribution >= 0.6 is 0 Å². The Hall–Kier alpha value is -0.830. The van der Waals surface area contributed by atoms with E-state index in [1.165, 1.54) is 25.7 Å². The molecule has 1 aromatic heterocycles. The van der Waals surface area contributed by atoms with Crippen LogP contribution in [0.5, 0.6) is 0 Å². The molecule has 13 heavy (non-hydrogen) atoms. The first-order valence-electron chi connectivity index (χ1n) is 5.00. The highest BCUT2D eigenvalue weighted by Crippen LogP contribution is 2.33. The van der Waals surface area contributed by atoms with Gasteiger partial charge in [0.1, 0.15) is 0 Å². The number of aliphatic hydroxyl groups is 1. The van der Waals surface area contributed by atoms with E-state index in [9.17, 15) is 0 Å². The van der Waals surface area contributed by atoms with Crippen LogP contribution in [0.3, 0.4) is 0 Å². The summed E-state index contributed by atoms with van der Waals surface area (Å²) in [7, 11) is 0. The minimum atomic E-state index is 0.101. The Morgan fingerprint density at radius 2 is 2.38 bits per heavy atom. The van der Waals surface area contributed by atoms with Crippen LogP contribution in [-0.2, 0) is 13.2 Å². The molecule has 0 unspecified atom stereocenters. The third-order valence-corrected chi connectivity index (χ3v) is 2.67. The predicted molar refractivity (Wildman–Crippen MR) is 50.1 cm³/mol. The van der Waals surface area contributed by atoms with Crippen molar-refractivity contribution in [2.45, 2.75) is 38.8 Å². The number of nitrogens with zero attached hydrogens (tertiary/aromatic N) is 2. The van der Waals surface area contributed by atoms with Gasteiger partial charge in [-0.25, -0.2) is 4.98 Å². The Kier molecular flexibility index (Phi) is 2.64. The molecule has 0 aliphatic heterocycles. The van der Waals surface area contributed by atoms with Crippen molar-refractivity contribution in [2.24, 2.45) is 5.92 Å². The molecular weight excluding hydrogens is 164 g/mol. The van der Waals surface area contributed by atoms with Gasteiger partial charge in [0.05, 0.1) is 24.8 Å². The van der Waals surface area contributed by atoms with Crippen LogP contribution in [0.15, 0.2) is 12.5 Å². The molecule has 3 nitrogen and oxygen atoms in total. The lowest BCUT2D eigenvalue weighted by atomic mass is 10.2. The van der Waals surface area contributed by atoms with Crippen LogP contribution < -0.4 is 0 Å². The number of hydrogen-bond acceptors (Lipinski definition) is 2. The molecule has 0 spiro atoms. The number of rotatable bonds is 5. The van der Waals surface area contributed by atoms with Crippen molar-refractivity contribution in [3.05, 3.63) is 18.2 Å². The quantitative estimate of drug-likeness (QED) is 0.746. The van der Waals surface area contributed by atoms with Crippen molar-refractivity contribution in [1.29, 1.82) is 0 Å². The highest BCUT2D eigenvalue weighted by molar-refractivity contribution is 4.95. The number of aromatic nitrogens is 2. The average molecular weight is 180 g/mol. The van der Waals surface area contributed by atoms with E-state index in [1.807, 2.05) is 4.57 Å². The molecule has 1 aliphatic carbocycles. The monoisotopic (exact) mass is 180 g/mol. The summed E-state index contributed by atoms with van der Waals surface area (Å²) in [6.45, 7) is 1.11. The minimum absolute atomic E-state index is 0.101. The van der Waals surface area contributed by atoms with Crippen molar-refractivity contribution >= 4 is 0 Å². The van der Waals surface area contributed by atoms with Gasteiger partial charge in [-0.1, -0.05) is 12.8 Å². The van der Waals surface area contributed by atoms with E-state index >= 15 is 0 Å². The zero-order chi connectivity index (χ0) is 9.10. The van der Waals surface area contributed by atoms with E-state index in [4.69, 9.17) is 5.11 Å².